The predicted molar refractivity (Wildman–Crippen MR) is 78.2 cm³/mol. The van der Waals surface area contributed by atoms with Crippen LogP contribution in [0, 0.1) is 11.7 Å². The molecule has 2 rings (SSSR count). The summed E-state index contributed by atoms with van der Waals surface area (Å²) in [6, 6.07) is 4.86. The summed E-state index contributed by atoms with van der Waals surface area (Å²) in [5.41, 5.74) is 0.276. The summed E-state index contributed by atoms with van der Waals surface area (Å²) in [5.74, 6) is 0.613. The van der Waals surface area contributed by atoms with E-state index in [9.17, 15) is 4.39 Å². The third kappa shape index (κ3) is 4.01. The maximum absolute atomic E-state index is 13.6. The van der Waals surface area contributed by atoms with Crippen LogP contribution in [0.5, 0.6) is 0 Å². The van der Waals surface area contributed by atoms with Crippen molar-refractivity contribution in [3.8, 4) is 0 Å². The Morgan fingerprint density at radius 2 is 2.15 bits per heavy atom. The first kappa shape index (κ1) is 14.9. The molecule has 0 amide bonds. The topological polar surface area (TPSA) is 63.0 Å². The first-order valence-electron chi connectivity index (χ1n) is 6.30. The third-order valence-electron chi connectivity index (χ3n) is 2.49. The molecule has 0 saturated heterocycles. The summed E-state index contributed by atoms with van der Waals surface area (Å²) in [6.07, 6.45) is 0. The van der Waals surface area contributed by atoms with Crippen LogP contribution in [0.1, 0.15) is 19.7 Å². The van der Waals surface area contributed by atoms with Gasteiger partial charge >= 0.3 is 6.01 Å². The van der Waals surface area contributed by atoms with Crippen LogP contribution in [-0.4, -0.2) is 16.7 Å². The number of nitrogens with zero attached hydrogens (tertiary/aromatic N) is 2. The van der Waals surface area contributed by atoms with Crippen molar-refractivity contribution in [3.63, 3.8) is 0 Å². The number of para-hydroxylation sites is 1. The lowest BCUT2D eigenvalue weighted by Gasteiger charge is -2.05. The van der Waals surface area contributed by atoms with Gasteiger partial charge in [-0.1, -0.05) is 25.0 Å². The Morgan fingerprint density at radius 1 is 1.35 bits per heavy atom. The van der Waals surface area contributed by atoms with Gasteiger partial charge in [-0.3, -0.25) is 0 Å². The number of halogens is 2. The van der Waals surface area contributed by atoms with Gasteiger partial charge in [-0.15, -0.1) is 5.10 Å². The molecule has 0 bridgehead atoms. The first-order chi connectivity index (χ1) is 9.56. The molecule has 0 atom stereocenters. The third-order valence-corrected chi connectivity index (χ3v) is 3.15. The van der Waals surface area contributed by atoms with Gasteiger partial charge in [0, 0.05) is 4.47 Å². The maximum atomic E-state index is 13.6. The van der Waals surface area contributed by atoms with E-state index < -0.39 is 5.82 Å². The minimum atomic E-state index is -0.392. The molecule has 2 aromatic rings. The summed E-state index contributed by atoms with van der Waals surface area (Å²) in [7, 11) is 0. The first-order valence-corrected chi connectivity index (χ1v) is 7.09. The molecule has 2 N–H and O–H groups in total. The lowest BCUT2D eigenvalue weighted by atomic mass is 10.2. The Balaban J connectivity index is 1.99. The zero-order chi connectivity index (χ0) is 14.5. The zero-order valence-corrected chi connectivity index (χ0v) is 12.9. The van der Waals surface area contributed by atoms with Crippen LogP contribution in [0.3, 0.4) is 0 Å². The number of rotatable bonds is 6. The fourth-order valence-corrected chi connectivity index (χ4v) is 2.01. The van der Waals surface area contributed by atoms with Crippen molar-refractivity contribution in [1.29, 1.82) is 0 Å². The number of aromatic nitrogens is 2. The molecule has 0 spiro atoms. The molecule has 1 aromatic heterocycles. The van der Waals surface area contributed by atoms with Gasteiger partial charge in [-0.2, -0.15) is 0 Å². The minimum absolute atomic E-state index is 0.164. The Hall–Kier alpha value is -1.47. The molecule has 0 saturated carbocycles. The normalized spacial score (nSPS) is 11.1. The summed E-state index contributed by atoms with van der Waals surface area (Å²) in [4.78, 5) is 0. The van der Waals surface area contributed by atoms with Crippen molar-refractivity contribution in [2.45, 2.75) is 20.4 Å². The second-order valence-electron chi connectivity index (χ2n) is 4.75. The van der Waals surface area contributed by atoms with Crippen LogP contribution in [0.15, 0.2) is 27.1 Å². The van der Waals surface area contributed by atoms with Crippen LogP contribution in [0.25, 0.3) is 0 Å². The smallest absolute Gasteiger partial charge is 0.320 e. The van der Waals surface area contributed by atoms with E-state index >= 15 is 0 Å². The van der Waals surface area contributed by atoms with Crippen LogP contribution in [0.2, 0.25) is 0 Å². The Morgan fingerprint density at radius 3 is 2.85 bits per heavy atom. The number of hydrogen-bond donors (Lipinski definition) is 2. The van der Waals surface area contributed by atoms with E-state index in [1.54, 1.807) is 12.1 Å². The largest absolute Gasteiger partial charge is 0.406 e. The van der Waals surface area contributed by atoms with Crippen LogP contribution in [-0.2, 0) is 6.54 Å². The fraction of sp³-hybridized carbons (Fsp3) is 0.385. The second-order valence-corrected chi connectivity index (χ2v) is 5.60. The molecule has 20 heavy (non-hydrogen) atoms. The standard InChI is InChI=1S/C13H16BrFN4O/c1-8(2)6-16-7-11-18-19-13(20-11)17-12-9(14)4-3-5-10(12)15/h3-5,8,16H,6-7H2,1-2H3,(H,17,19). The highest BCUT2D eigenvalue weighted by Crippen LogP contribution is 2.27. The van der Waals surface area contributed by atoms with Crippen LogP contribution < -0.4 is 10.6 Å². The van der Waals surface area contributed by atoms with Crippen molar-refractivity contribution < 1.29 is 8.81 Å². The minimum Gasteiger partial charge on any atom is -0.406 e. The van der Waals surface area contributed by atoms with E-state index in [1.807, 2.05) is 0 Å². The van der Waals surface area contributed by atoms with Crippen molar-refractivity contribution in [2.75, 3.05) is 11.9 Å². The molecular weight excluding hydrogens is 327 g/mol. The molecule has 1 heterocycles. The van der Waals surface area contributed by atoms with Crippen molar-refractivity contribution >= 4 is 27.6 Å². The second kappa shape index (κ2) is 6.81. The molecule has 0 aliphatic heterocycles. The molecule has 108 valence electrons. The summed E-state index contributed by atoms with van der Waals surface area (Å²) in [6.45, 7) is 5.59. The molecule has 0 aliphatic carbocycles. The monoisotopic (exact) mass is 342 g/mol. The van der Waals surface area contributed by atoms with Gasteiger partial charge in [0.15, 0.2) is 0 Å². The molecule has 1 aromatic carbocycles. The lowest BCUT2D eigenvalue weighted by molar-refractivity contribution is 0.460. The lowest BCUT2D eigenvalue weighted by Crippen LogP contribution is -2.19. The highest BCUT2D eigenvalue weighted by Gasteiger charge is 2.11. The van der Waals surface area contributed by atoms with Crippen LogP contribution in [0.4, 0.5) is 16.1 Å². The highest BCUT2D eigenvalue weighted by molar-refractivity contribution is 9.10. The Kier molecular flexibility index (Phi) is 5.08. The molecule has 0 radical (unpaired) electrons. The maximum Gasteiger partial charge on any atom is 0.320 e. The van der Waals surface area contributed by atoms with Gasteiger partial charge in [-0.25, -0.2) is 4.39 Å². The fourth-order valence-electron chi connectivity index (χ4n) is 1.57. The van der Waals surface area contributed by atoms with E-state index in [1.165, 1.54) is 6.07 Å². The van der Waals surface area contributed by atoms with Gasteiger partial charge in [0.1, 0.15) is 5.82 Å². The summed E-state index contributed by atoms with van der Waals surface area (Å²) in [5, 5.41) is 13.7. The van der Waals surface area contributed by atoms with Gasteiger partial charge in [0.25, 0.3) is 0 Å². The van der Waals surface area contributed by atoms with Crippen molar-refractivity contribution in [1.82, 2.24) is 15.5 Å². The SMILES string of the molecule is CC(C)CNCc1nnc(Nc2c(F)cccc2Br)o1. The van der Waals surface area contributed by atoms with E-state index in [4.69, 9.17) is 4.42 Å². The average molecular weight is 343 g/mol. The Bertz CT molecular complexity index is 553. The van der Waals surface area contributed by atoms with Gasteiger partial charge < -0.3 is 15.1 Å². The van der Waals surface area contributed by atoms with E-state index in [-0.39, 0.29) is 11.7 Å². The Labute approximate surface area is 125 Å². The van der Waals surface area contributed by atoms with Crippen molar-refractivity contribution in [3.05, 3.63) is 34.4 Å². The number of benzene rings is 1. The number of nitrogens with one attached hydrogen (secondary N) is 2. The predicted octanol–water partition coefficient (Wildman–Crippen LogP) is 3.46. The molecular formula is C13H16BrFN4O. The molecule has 0 unspecified atom stereocenters. The van der Waals surface area contributed by atoms with Gasteiger partial charge in [0.05, 0.1) is 12.2 Å². The molecule has 5 nitrogen and oxygen atoms in total. The zero-order valence-electron chi connectivity index (χ0n) is 11.3. The van der Waals surface area contributed by atoms with Gasteiger partial charge in [-0.05, 0) is 40.5 Å². The number of hydrogen-bond acceptors (Lipinski definition) is 5. The quantitative estimate of drug-likeness (QED) is 0.841. The molecule has 0 fully saturated rings. The van der Waals surface area contributed by atoms with Gasteiger partial charge in [0.2, 0.25) is 5.89 Å². The highest BCUT2D eigenvalue weighted by atomic mass is 79.9. The van der Waals surface area contributed by atoms with Crippen molar-refractivity contribution in [2.24, 2.45) is 5.92 Å². The summed E-state index contributed by atoms with van der Waals surface area (Å²) < 4.78 is 19.6. The average Bonchev–Trinajstić information content (AvgIpc) is 2.81. The van der Waals surface area contributed by atoms with E-state index in [0.717, 1.165) is 6.54 Å². The summed E-state index contributed by atoms with van der Waals surface area (Å²) >= 11 is 3.26. The molecule has 7 heteroatoms. The van der Waals surface area contributed by atoms with Crippen LogP contribution >= 0.6 is 15.9 Å². The van der Waals surface area contributed by atoms with E-state index in [0.29, 0.717) is 22.8 Å². The van der Waals surface area contributed by atoms with E-state index in [2.05, 4.69) is 50.6 Å². The molecule has 0 aliphatic rings. The number of anilines is 2.